The van der Waals surface area contributed by atoms with Gasteiger partial charge in [-0.05, 0) is 31.5 Å². The van der Waals surface area contributed by atoms with Crippen molar-refractivity contribution < 1.29 is 4.39 Å². The Morgan fingerprint density at radius 3 is 2.76 bits per heavy atom. The number of rotatable bonds is 5. The molecule has 0 bridgehead atoms. The normalized spacial score (nSPS) is 10.4. The number of benzene rings is 1. The van der Waals surface area contributed by atoms with E-state index < -0.39 is 5.82 Å². The maximum Gasteiger partial charge on any atom is 0.147 e. The van der Waals surface area contributed by atoms with Crippen molar-refractivity contribution in [2.75, 3.05) is 5.32 Å². The summed E-state index contributed by atoms with van der Waals surface area (Å²) in [5.41, 5.74) is 2.31. The summed E-state index contributed by atoms with van der Waals surface area (Å²) in [6, 6.07) is 6.23. The van der Waals surface area contributed by atoms with Crippen LogP contribution >= 0.6 is 11.6 Å². The van der Waals surface area contributed by atoms with E-state index in [0.717, 1.165) is 17.8 Å². The van der Waals surface area contributed by atoms with E-state index in [1.807, 2.05) is 24.6 Å². The van der Waals surface area contributed by atoms with Crippen molar-refractivity contribution in [3.63, 3.8) is 0 Å². The lowest BCUT2D eigenvalue weighted by Gasteiger charge is -2.09. The molecular formula is C15H16ClFN4. The molecule has 0 amide bonds. The molecule has 0 unspecified atom stereocenters. The number of halogens is 2. The van der Waals surface area contributed by atoms with E-state index in [1.54, 1.807) is 12.1 Å². The minimum atomic E-state index is -0.455. The first-order valence-electron chi connectivity index (χ1n) is 6.78. The van der Waals surface area contributed by atoms with Gasteiger partial charge >= 0.3 is 0 Å². The summed E-state index contributed by atoms with van der Waals surface area (Å²) in [7, 11) is 0. The first-order valence-corrected chi connectivity index (χ1v) is 7.16. The number of nitrogens with one attached hydrogen (secondary N) is 1. The molecule has 6 heteroatoms. The molecule has 0 radical (unpaired) electrons. The average molecular weight is 307 g/mol. The van der Waals surface area contributed by atoms with Crippen LogP contribution in [0.3, 0.4) is 0 Å². The largest absolute Gasteiger partial charge is 0.377 e. The van der Waals surface area contributed by atoms with Crippen molar-refractivity contribution >= 4 is 17.3 Å². The Bertz CT molecular complexity index is 688. The highest BCUT2D eigenvalue weighted by molar-refractivity contribution is 6.31. The van der Waals surface area contributed by atoms with Crippen molar-refractivity contribution in [3.8, 4) is 6.07 Å². The number of aromatic nitrogens is 2. The molecule has 0 fully saturated rings. The van der Waals surface area contributed by atoms with Gasteiger partial charge in [-0.1, -0.05) is 18.5 Å². The van der Waals surface area contributed by atoms with Gasteiger partial charge in [0.1, 0.15) is 5.82 Å². The van der Waals surface area contributed by atoms with Crippen LogP contribution < -0.4 is 5.32 Å². The minimum Gasteiger partial charge on any atom is -0.377 e. The number of hydrogen-bond acceptors (Lipinski definition) is 3. The fourth-order valence-corrected chi connectivity index (χ4v) is 2.43. The van der Waals surface area contributed by atoms with E-state index in [9.17, 15) is 4.39 Å². The molecule has 0 saturated heterocycles. The quantitative estimate of drug-likeness (QED) is 0.915. The van der Waals surface area contributed by atoms with Gasteiger partial charge in [0.15, 0.2) is 0 Å². The topological polar surface area (TPSA) is 53.6 Å². The lowest BCUT2D eigenvalue weighted by molar-refractivity contribution is 0.614. The van der Waals surface area contributed by atoms with Crippen LogP contribution in [0.25, 0.3) is 0 Å². The molecule has 2 rings (SSSR count). The number of anilines is 1. The summed E-state index contributed by atoms with van der Waals surface area (Å²) in [5.74, 6) is -0.455. The zero-order chi connectivity index (χ0) is 15.4. The number of nitrogens with zero attached hydrogens (tertiary/aromatic N) is 3. The predicted octanol–water partition coefficient (Wildman–Crippen LogP) is 3.74. The van der Waals surface area contributed by atoms with Gasteiger partial charge in [-0.2, -0.15) is 10.4 Å². The number of hydrogen-bond donors (Lipinski definition) is 1. The van der Waals surface area contributed by atoms with Gasteiger partial charge in [0.2, 0.25) is 0 Å². The maximum absolute atomic E-state index is 13.8. The van der Waals surface area contributed by atoms with Gasteiger partial charge in [-0.15, -0.1) is 0 Å². The first kappa shape index (κ1) is 15.3. The molecule has 1 heterocycles. The second-order valence-corrected chi connectivity index (χ2v) is 4.91. The fourth-order valence-electron chi connectivity index (χ4n) is 2.09. The van der Waals surface area contributed by atoms with Crippen LogP contribution in [-0.2, 0) is 19.5 Å². The summed E-state index contributed by atoms with van der Waals surface area (Å²) >= 11 is 6.30. The van der Waals surface area contributed by atoms with E-state index in [2.05, 4.69) is 10.4 Å². The SMILES string of the molecule is CCc1nn(CC)c(CNc2ccc(C#N)cc2F)c1Cl. The molecule has 0 atom stereocenters. The summed E-state index contributed by atoms with van der Waals surface area (Å²) in [4.78, 5) is 0. The number of aryl methyl sites for hydroxylation is 2. The van der Waals surface area contributed by atoms with E-state index in [4.69, 9.17) is 16.9 Å². The molecule has 0 saturated carbocycles. The van der Waals surface area contributed by atoms with E-state index in [1.165, 1.54) is 6.07 Å². The zero-order valence-corrected chi connectivity index (χ0v) is 12.7. The molecule has 1 N–H and O–H groups in total. The van der Waals surface area contributed by atoms with Crippen molar-refractivity contribution in [3.05, 3.63) is 46.0 Å². The zero-order valence-electron chi connectivity index (χ0n) is 12.0. The van der Waals surface area contributed by atoms with Gasteiger partial charge in [-0.3, -0.25) is 4.68 Å². The third-order valence-corrected chi connectivity index (χ3v) is 3.67. The highest BCUT2D eigenvalue weighted by Crippen LogP contribution is 2.23. The summed E-state index contributed by atoms with van der Waals surface area (Å²) < 4.78 is 15.6. The molecule has 4 nitrogen and oxygen atoms in total. The van der Waals surface area contributed by atoms with Gasteiger partial charge in [-0.25, -0.2) is 4.39 Å². The average Bonchev–Trinajstić information content (AvgIpc) is 2.81. The lowest BCUT2D eigenvalue weighted by Crippen LogP contribution is -2.09. The molecule has 0 aliphatic carbocycles. The van der Waals surface area contributed by atoms with Crippen molar-refractivity contribution in [1.29, 1.82) is 5.26 Å². The van der Waals surface area contributed by atoms with Crippen LogP contribution in [0.15, 0.2) is 18.2 Å². The standard InChI is InChI=1S/C15H16ClFN4/c1-3-12-15(16)14(21(4-2)20-12)9-19-13-6-5-10(8-18)7-11(13)17/h5-7,19H,3-4,9H2,1-2H3. The predicted molar refractivity (Wildman–Crippen MR) is 80.7 cm³/mol. The molecule has 1 aromatic heterocycles. The Hall–Kier alpha value is -2.06. The highest BCUT2D eigenvalue weighted by Gasteiger charge is 2.14. The molecule has 2 aromatic rings. The van der Waals surface area contributed by atoms with E-state index in [0.29, 0.717) is 29.4 Å². The summed E-state index contributed by atoms with van der Waals surface area (Å²) in [6.45, 7) is 5.05. The van der Waals surface area contributed by atoms with Crippen molar-refractivity contribution in [2.45, 2.75) is 33.4 Å². The van der Waals surface area contributed by atoms with Crippen LogP contribution in [-0.4, -0.2) is 9.78 Å². The second kappa shape index (κ2) is 6.59. The van der Waals surface area contributed by atoms with Crippen LogP contribution in [0.1, 0.15) is 30.8 Å². The second-order valence-electron chi connectivity index (χ2n) is 4.54. The lowest BCUT2D eigenvalue weighted by atomic mass is 10.2. The Labute approximate surface area is 128 Å². The third-order valence-electron chi connectivity index (χ3n) is 3.24. The third kappa shape index (κ3) is 3.17. The maximum atomic E-state index is 13.8. The van der Waals surface area contributed by atoms with Gasteiger partial charge in [0, 0.05) is 6.54 Å². The van der Waals surface area contributed by atoms with Gasteiger partial charge < -0.3 is 5.32 Å². The Kier molecular flexibility index (Phi) is 4.81. The number of nitriles is 1. The van der Waals surface area contributed by atoms with Crippen molar-refractivity contribution in [2.24, 2.45) is 0 Å². The smallest absolute Gasteiger partial charge is 0.147 e. The molecule has 0 aliphatic rings. The Morgan fingerprint density at radius 1 is 1.43 bits per heavy atom. The molecule has 110 valence electrons. The van der Waals surface area contributed by atoms with Crippen LogP contribution in [0.5, 0.6) is 0 Å². The Balaban J connectivity index is 2.20. The van der Waals surface area contributed by atoms with Crippen LogP contribution in [0.4, 0.5) is 10.1 Å². The molecule has 21 heavy (non-hydrogen) atoms. The van der Waals surface area contributed by atoms with E-state index >= 15 is 0 Å². The first-order chi connectivity index (χ1) is 10.1. The molecular weight excluding hydrogens is 291 g/mol. The fraction of sp³-hybridized carbons (Fsp3) is 0.333. The molecule has 0 spiro atoms. The van der Waals surface area contributed by atoms with E-state index in [-0.39, 0.29) is 0 Å². The van der Waals surface area contributed by atoms with Crippen LogP contribution in [0.2, 0.25) is 5.02 Å². The molecule has 1 aromatic carbocycles. The highest BCUT2D eigenvalue weighted by atomic mass is 35.5. The summed E-state index contributed by atoms with van der Waals surface area (Å²) in [6.07, 6.45) is 0.754. The molecule has 0 aliphatic heterocycles. The monoisotopic (exact) mass is 306 g/mol. The van der Waals surface area contributed by atoms with Gasteiger partial charge in [0.25, 0.3) is 0 Å². The summed E-state index contributed by atoms with van der Waals surface area (Å²) in [5, 5.41) is 16.8. The van der Waals surface area contributed by atoms with Crippen LogP contribution in [0, 0.1) is 17.1 Å². The van der Waals surface area contributed by atoms with Gasteiger partial charge in [0.05, 0.1) is 40.3 Å². The van der Waals surface area contributed by atoms with Crippen molar-refractivity contribution in [1.82, 2.24) is 9.78 Å². The Morgan fingerprint density at radius 2 is 2.19 bits per heavy atom. The minimum absolute atomic E-state index is 0.294.